The number of H-pyrrole nitrogens is 1. The van der Waals surface area contributed by atoms with Crippen LogP contribution in [0.5, 0.6) is 5.75 Å². The zero-order chi connectivity index (χ0) is 20.1. The predicted molar refractivity (Wildman–Crippen MR) is 113 cm³/mol. The third-order valence-corrected chi connectivity index (χ3v) is 4.76. The number of rotatable bonds is 6. The average Bonchev–Trinajstić information content (AvgIpc) is 2.70. The van der Waals surface area contributed by atoms with E-state index in [0.717, 1.165) is 22.1 Å². The van der Waals surface area contributed by atoms with Crippen LogP contribution < -0.4 is 15.6 Å². The Balaban J connectivity index is 1.70. The molecule has 0 atom stereocenters. The number of pyridine rings is 1. The van der Waals surface area contributed by atoms with E-state index >= 15 is 0 Å². The van der Waals surface area contributed by atoms with Gasteiger partial charge in [-0.2, -0.15) is 0 Å². The molecule has 1 heterocycles. The van der Waals surface area contributed by atoms with E-state index in [4.69, 9.17) is 4.74 Å². The van der Waals surface area contributed by atoms with Gasteiger partial charge in [0.1, 0.15) is 5.75 Å². The Hall–Kier alpha value is -3.34. The fraction of sp³-hybridized carbons (Fsp3) is 0.217. The quantitative estimate of drug-likeness (QED) is 0.646. The van der Waals surface area contributed by atoms with Gasteiger partial charge < -0.3 is 15.0 Å². The van der Waals surface area contributed by atoms with Crippen LogP contribution in [0.1, 0.15) is 23.6 Å². The van der Waals surface area contributed by atoms with Crippen LogP contribution in [-0.2, 0) is 11.2 Å². The zero-order valence-corrected chi connectivity index (χ0v) is 16.3. The summed E-state index contributed by atoms with van der Waals surface area (Å²) < 4.78 is 5.33. The zero-order valence-electron chi connectivity index (χ0n) is 16.3. The molecule has 5 heteroatoms. The number of aromatic amines is 1. The summed E-state index contributed by atoms with van der Waals surface area (Å²) in [5, 5.41) is 3.80. The van der Waals surface area contributed by atoms with E-state index in [0.29, 0.717) is 29.8 Å². The third kappa shape index (κ3) is 4.31. The fourth-order valence-corrected chi connectivity index (χ4v) is 3.16. The molecule has 0 bridgehead atoms. The maximum absolute atomic E-state index is 12.4. The van der Waals surface area contributed by atoms with E-state index in [-0.39, 0.29) is 11.5 Å². The lowest BCUT2D eigenvalue weighted by atomic mass is 10.1. The van der Waals surface area contributed by atoms with Gasteiger partial charge in [-0.25, -0.2) is 0 Å². The minimum absolute atomic E-state index is 0.165. The van der Waals surface area contributed by atoms with Gasteiger partial charge in [-0.3, -0.25) is 9.59 Å². The molecule has 28 heavy (non-hydrogen) atoms. The summed E-state index contributed by atoms with van der Waals surface area (Å²) in [4.78, 5) is 27.5. The van der Waals surface area contributed by atoms with Gasteiger partial charge in [0.25, 0.3) is 5.56 Å². The van der Waals surface area contributed by atoms with E-state index in [1.54, 1.807) is 13.2 Å². The van der Waals surface area contributed by atoms with E-state index in [1.807, 2.05) is 62.4 Å². The highest BCUT2D eigenvalue weighted by Gasteiger charge is 2.09. The number of allylic oxidation sites excluding steroid dienone is 1. The van der Waals surface area contributed by atoms with Gasteiger partial charge in [0.15, 0.2) is 0 Å². The number of aromatic nitrogens is 1. The Morgan fingerprint density at radius 1 is 1.18 bits per heavy atom. The van der Waals surface area contributed by atoms with Crippen molar-refractivity contribution >= 4 is 22.4 Å². The van der Waals surface area contributed by atoms with E-state index < -0.39 is 0 Å². The average molecular weight is 376 g/mol. The van der Waals surface area contributed by atoms with Gasteiger partial charge in [-0.1, -0.05) is 36.4 Å². The minimum atomic E-state index is -0.170. The number of carbonyl (C=O) groups excluding carboxylic acids is 1. The number of methoxy groups -OCH3 is 1. The van der Waals surface area contributed by atoms with Crippen molar-refractivity contribution in [3.05, 3.63) is 81.7 Å². The second kappa shape index (κ2) is 8.57. The van der Waals surface area contributed by atoms with Crippen LogP contribution in [0.15, 0.2) is 59.4 Å². The number of nitrogens with one attached hydrogen (secondary N) is 2. The van der Waals surface area contributed by atoms with E-state index in [1.165, 1.54) is 0 Å². The number of hydrogen-bond donors (Lipinski definition) is 2. The third-order valence-electron chi connectivity index (χ3n) is 4.76. The molecule has 0 unspecified atom stereocenters. The molecule has 3 rings (SSSR count). The summed E-state index contributed by atoms with van der Waals surface area (Å²) in [6.45, 7) is 4.27. The highest BCUT2D eigenvalue weighted by Crippen LogP contribution is 2.25. The molecule has 3 aromatic rings. The monoisotopic (exact) mass is 376 g/mol. The van der Waals surface area contributed by atoms with Crippen LogP contribution in [0.25, 0.3) is 16.5 Å². The summed E-state index contributed by atoms with van der Waals surface area (Å²) in [5.41, 5.74) is 4.12. The molecule has 0 fully saturated rings. The lowest BCUT2D eigenvalue weighted by Crippen LogP contribution is -2.26. The van der Waals surface area contributed by atoms with Crippen molar-refractivity contribution in [1.29, 1.82) is 0 Å². The first-order valence-corrected chi connectivity index (χ1v) is 9.20. The van der Waals surface area contributed by atoms with Crippen molar-refractivity contribution in [2.45, 2.75) is 20.3 Å². The maximum atomic E-state index is 12.4. The second-order valence-corrected chi connectivity index (χ2v) is 6.73. The smallest absolute Gasteiger partial charge is 0.251 e. The Morgan fingerprint density at radius 3 is 2.64 bits per heavy atom. The van der Waals surface area contributed by atoms with Crippen molar-refractivity contribution in [2.75, 3.05) is 13.7 Å². The van der Waals surface area contributed by atoms with Crippen LogP contribution in [0, 0.1) is 6.92 Å². The number of benzene rings is 2. The number of hydrogen-bond acceptors (Lipinski definition) is 3. The van der Waals surface area contributed by atoms with Crippen molar-refractivity contribution in [3.63, 3.8) is 0 Å². The molecule has 5 nitrogen and oxygen atoms in total. The first-order valence-electron chi connectivity index (χ1n) is 9.20. The molecule has 0 aliphatic carbocycles. The lowest BCUT2D eigenvalue weighted by molar-refractivity contribution is -0.116. The minimum Gasteiger partial charge on any atom is -0.495 e. The highest BCUT2D eigenvalue weighted by atomic mass is 16.5. The number of aryl methyl sites for hydroxylation is 1. The first kappa shape index (κ1) is 19.4. The number of carbonyl (C=O) groups is 1. The van der Waals surface area contributed by atoms with Gasteiger partial charge >= 0.3 is 0 Å². The van der Waals surface area contributed by atoms with Crippen LogP contribution in [0.4, 0.5) is 0 Å². The van der Waals surface area contributed by atoms with Crippen LogP contribution in [0.2, 0.25) is 0 Å². The van der Waals surface area contributed by atoms with E-state index in [9.17, 15) is 9.59 Å². The van der Waals surface area contributed by atoms with Gasteiger partial charge in [0.2, 0.25) is 5.91 Å². The van der Waals surface area contributed by atoms with E-state index in [2.05, 4.69) is 10.3 Å². The molecule has 2 aromatic carbocycles. The molecule has 0 saturated heterocycles. The molecule has 1 aromatic heterocycles. The van der Waals surface area contributed by atoms with Crippen LogP contribution >= 0.6 is 0 Å². The first-order chi connectivity index (χ1) is 13.5. The standard InChI is InChI=1S/C23H24N2O3/c1-15-9-10-20(28-3)22-19(15)14-18(23(27)25-22)11-12-24-21(26)13-16(2)17-7-5-4-6-8-17/h4-10,13-14H,11-12H2,1-3H3,(H,24,26)(H,25,27)/b16-13+. The number of amides is 1. The van der Waals surface area contributed by atoms with Crippen molar-refractivity contribution in [3.8, 4) is 5.75 Å². The van der Waals surface area contributed by atoms with Gasteiger partial charge in [0, 0.05) is 23.6 Å². The number of ether oxygens (including phenoxy) is 1. The summed E-state index contributed by atoms with van der Waals surface area (Å²) in [6, 6.07) is 15.4. The Labute approximate surface area is 164 Å². The maximum Gasteiger partial charge on any atom is 0.251 e. The Morgan fingerprint density at radius 2 is 1.93 bits per heavy atom. The van der Waals surface area contributed by atoms with Crippen molar-refractivity contribution in [1.82, 2.24) is 10.3 Å². The van der Waals surface area contributed by atoms with Gasteiger partial charge in [-0.05, 0) is 49.1 Å². The molecule has 0 aliphatic heterocycles. The summed E-state index contributed by atoms with van der Waals surface area (Å²) in [6.07, 6.45) is 2.03. The fourth-order valence-electron chi connectivity index (χ4n) is 3.16. The van der Waals surface area contributed by atoms with Crippen LogP contribution in [-0.4, -0.2) is 24.5 Å². The normalized spacial score (nSPS) is 11.5. The van der Waals surface area contributed by atoms with Gasteiger partial charge in [-0.15, -0.1) is 0 Å². The molecule has 2 N–H and O–H groups in total. The summed E-state index contributed by atoms with van der Waals surface area (Å²) in [7, 11) is 1.58. The largest absolute Gasteiger partial charge is 0.495 e. The molecule has 0 aliphatic rings. The topological polar surface area (TPSA) is 71.2 Å². The molecular formula is C23H24N2O3. The Kier molecular flexibility index (Phi) is 5.94. The molecule has 0 saturated carbocycles. The molecule has 0 spiro atoms. The number of fused-ring (bicyclic) bond motifs is 1. The van der Waals surface area contributed by atoms with Crippen molar-refractivity contribution in [2.24, 2.45) is 0 Å². The molecule has 0 radical (unpaired) electrons. The van der Waals surface area contributed by atoms with Crippen molar-refractivity contribution < 1.29 is 9.53 Å². The highest BCUT2D eigenvalue weighted by molar-refractivity contribution is 5.94. The SMILES string of the molecule is COc1ccc(C)c2cc(CCNC(=O)/C=C(\C)c3ccccc3)c(=O)[nH]c12. The predicted octanol–water partition coefficient (Wildman–Crippen LogP) is 3.61. The molecule has 1 amide bonds. The second-order valence-electron chi connectivity index (χ2n) is 6.73. The summed E-state index contributed by atoms with van der Waals surface area (Å²) >= 11 is 0. The van der Waals surface area contributed by atoms with Gasteiger partial charge in [0.05, 0.1) is 12.6 Å². The molecule has 144 valence electrons. The summed E-state index contributed by atoms with van der Waals surface area (Å²) in [5.74, 6) is 0.468. The van der Waals surface area contributed by atoms with Crippen LogP contribution in [0.3, 0.4) is 0 Å². The molecular weight excluding hydrogens is 352 g/mol. The lowest BCUT2D eigenvalue weighted by Gasteiger charge is -2.10. The Bertz CT molecular complexity index is 1080.